The van der Waals surface area contributed by atoms with Crippen LogP contribution in [0.25, 0.3) is 22.0 Å². The van der Waals surface area contributed by atoms with Crippen LogP contribution in [0.1, 0.15) is 54.7 Å². The Labute approximate surface area is 190 Å². The fraction of sp³-hybridized carbons (Fsp3) is 0.321. The van der Waals surface area contributed by atoms with E-state index in [4.69, 9.17) is 9.84 Å². The van der Waals surface area contributed by atoms with Crippen LogP contribution in [-0.2, 0) is 0 Å². The van der Waals surface area contributed by atoms with Gasteiger partial charge in [0.05, 0.1) is 18.0 Å². The number of aromatic nitrogens is 2. The van der Waals surface area contributed by atoms with Gasteiger partial charge in [0, 0.05) is 16.8 Å². The predicted molar refractivity (Wildman–Crippen MR) is 133 cm³/mol. The Kier molecular flexibility index (Phi) is 5.38. The second-order valence-electron chi connectivity index (χ2n) is 8.92. The summed E-state index contributed by atoms with van der Waals surface area (Å²) in [6, 6.07) is 19.5. The number of benzene rings is 3. The highest BCUT2D eigenvalue weighted by Crippen LogP contribution is 2.44. The smallest absolute Gasteiger partial charge is 0.151 e. The number of nitrogens with one attached hydrogen (secondary N) is 1. The van der Waals surface area contributed by atoms with Gasteiger partial charge in [0.15, 0.2) is 6.17 Å². The van der Waals surface area contributed by atoms with Crippen LogP contribution in [0, 0.1) is 20.8 Å². The van der Waals surface area contributed by atoms with Crippen LogP contribution in [0.4, 0.5) is 5.69 Å². The van der Waals surface area contributed by atoms with Gasteiger partial charge in [-0.25, -0.2) is 4.68 Å². The molecule has 5 rings (SSSR count). The maximum absolute atomic E-state index is 6.38. The molecule has 0 spiro atoms. The van der Waals surface area contributed by atoms with Crippen LogP contribution in [0.15, 0.2) is 54.6 Å². The number of nitrogens with zero attached hydrogens (tertiary/aromatic N) is 2. The van der Waals surface area contributed by atoms with Crippen molar-refractivity contribution < 1.29 is 4.74 Å². The third-order valence-electron chi connectivity index (χ3n) is 6.35. The maximum atomic E-state index is 6.38. The van der Waals surface area contributed by atoms with Crippen molar-refractivity contribution in [2.45, 2.75) is 53.1 Å². The van der Waals surface area contributed by atoms with Crippen LogP contribution in [-0.4, -0.2) is 16.4 Å². The summed E-state index contributed by atoms with van der Waals surface area (Å²) in [5, 5.41) is 11.2. The number of hydrogen-bond donors (Lipinski definition) is 1. The van der Waals surface area contributed by atoms with Crippen molar-refractivity contribution >= 4 is 16.5 Å². The van der Waals surface area contributed by atoms with Gasteiger partial charge in [0.2, 0.25) is 0 Å². The molecule has 3 aromatic carbocycles. The van der Waals surface area contributed by atoms with E-state index in [-0.39, 0.29) is 6.17 Å². The summed E-state index contributed by atoms with van der Waals surface area (Å²) in [5.74, 6) is 0.935. The van der Waals surface area contributed by atoms with E-state index >= 15 is 0 Å². The fourth-order valence-electron chi connectivity index (χ4n) is 4.89. The van der Waals surface area contributed by atoms with Crippen LogP contribution in [0.5, 0.6) is 5.75 Å². The number of fused-ring (bicyclic) bond motifs is 4. The van der Waals surface area contributed by atoms with Gasteiger partial charge in [-0.2, -0.15) is 5.10 Å². The largest absolute Gasteiger partial charge is 0.493 e. The lowest BCUT2D eigenvalue weighted by molar-refractivity contribution is 0.301. The highest BCUT2D eigenvalue weighted by atomic mass is 16.5. The van der Waals surface area contributed by atoms with E-state index in [1.54, 1.807) is 0 Å². The van der Waals surface area contributed by atoms with Crippen molar-refractivity contribution in [3.05, 3.63) is 77.0 Å². The molecule has 0 amide bonds. The summed E-state index contributed by atoms with van der Waals surface area (Å²) in [4.78, 5) is 0. The second kappa shape index (κ2) is 8.34. The first kappa shape index (κ1) is 20.6. The Balaban J connectivity index is 1.69. The van der Waals surface area contributed by atoms with Crippen LogP contribution in [0.2, 0.25) is 0 Å². The Morgan fingerprint density at radius 3 is 2.69 bits per heavy atom. The summed E-state index contributed by atoms with van der Waals surface area (Å²) in [6.07, 6.45) is 3.29. The number of anilines is 1. The van der Waals surface area contributed by atoms with Gasteiger partial charge < -0.3 is 10.1 Å². The molecule has 1 aliphatic rings. The molecule has 32 heavy (non-hydrogen) atoms. The average molecular weight is 426 g/mol. The molecule has 0 fully saturated rings. The lowest BCUT2D eigenvalue weighted by atomic mass is 9.95. The molecule has 0 saturated heterocycles. The van der Waals surface area contributed by atoms with Gasteiger partial charge in [-0.1, -0.05) is 61.7 Å². The Morgan fingerprint density at radius 2 is 1.84 bits per heavy atom. The molecule has 4 aromatic rings. The average Bonchev–Trinajstić information content (AvgIpc) is 3.18. The second-order valence-corrected chi connectivity index (χ2v) is 8.92. The number of aryl methyl sites for hydroxylation is 3. The first-order valence-corrected chi connectivity index (χ1v) is 11.7. The maximum Gasteiger partial charge on any atom is 0.151 e. The molecular weight excluding hydrogens is 394 g/mol. The SMILES string of the molecule is CCCCCOc1ccc2ccccc2c1C1Nc2c(C)cc(C)cc2-c2cc(C)nn21. The molecule has 164 valence electrons. The quantitative estimate of drug-likeness (QED) is 0.333. The predicted octanol–water partition coefficient (Wildman–Crippen LogP) is 7.17. The van der Waals surface area contributed by atoms with E-state index < -0.39 is 0 Å². The molecule has 0 bridgehead atoms. The van der Waals surface area contributed by atoms with Crippen molar-refractivity contribution in [3.63, 3.8) is 0 Å². The highest BCUT2D eigenvalue weighted by Gasteiger charge is 2.31. The fourth-order valence-corrected chi connectivity index (χ4v) is 4.89. The molecule has 4 heteroatoms. The van der Waals surface area contributed by atoms with Crippen LogP contribution < -0.4 is 10.1 Å². The van der Waals surface area contributed by atoms with Gasteiger partial charge in [0.25, 0.3) is 0 Å². The molecular formula is C28H31N3O. The van der Waals surface area contributed by atoms with E-state index in [1.807, 2.05) is 0 Å². The van der Waals surface area contributed by atoms with Crippen LogP contribution in [0.3, 0.4) is 0 Å². The van der Waals surface area contributed by atoms with Crippen molar-refractivity contribution in [2.75, 3.05) is 11.9 Å². The third kappa shape index (κ3) is 3.54. The van der Waals surface area contributed by atoms with Crippen LogP contribution >= 0.6 is 0 Å². The molecule has 1 atom stereocenters. The lowest BCUT2D eigenvalue weighted by Gasteiger charge is -2.32. The first-order valence-electron chi connectivity index (χ1n) is 11.7. The van der Waals surface area contributed by atoms with E-state index in [0.717, 1.165) is 35.7 Å². The summed E-state index contributed by atoms with van der Waals surface area (Å²) >= 11 is 0. The molecule has 1 unspecified atom stereocenters. The minimum atomic E-state index is -0.139. The minimum absolute atomic E-state index is 0.139. The van der Waals surface area contributed by atoms with E-state index in [2.05, 4.69) is 92.3 Å². The zero-order valence-electron chi connectivity index (χ0n) is 19.4. The molecule has 0 saturated carbocycles. The lowest BCUT2D eigenvalue weighted by Crippen LogP contribution is -2.27. The third-order valence-corrected chi connectivity index (χ3v) is 6.35. The van der Waals surface area contributed by atoms with Gasteiger partial charge in [-0.05, 0) is 61.7 Å². The van der Waals surface area contributed by atoms with Crippen molar-refractivity contribution in [1.29, 1.82) is 0 Å². The van der Waals surface area contributed by atoms with Gasteiger partial charge in [-0.15, -0.1) is 0 Å². The Bertz CT molecular complexity index is 1290. The summed E-state index contributed by atoms with van der Waals surface area (Å²) in [6.45, 7) is 9.35. The molecule has 2 heterocycles. The van der Waals surface area contributed by atoms with Crippen molar-refractivity contribution in [1.82, 2.24) is 9.78 Å². The van der Waals surface area contributed by atoms with Crippen molar-refractivity contribution in [3.8, 4) is 17.0 Å². The number of unbranched alkanes of at least 4 members (excludes halogenated alkanes) is 2. The summed E-state index contributed by atoms with van der Waals surface area (Å²) in [7, 11) is 0. The Morgan fingerprint density at radius 1 is 1.00 bits per heavy atom. The zero-order chi connectivity index (χ0) is 22.2. The monoisotopic (exact) mass is 425 g/mol. The molecule has 0 radical (unpaired) electrons. The Hall–Kier alpha value is -3.27. The first-order chi connectivity index (χ1) is 15.6. The number of rotatable bonds is 6. The highest BCUT2D eigenvalue weighted by molar-refractivity contribution is 5.90. The van der Waals surface area contributed by atoms with E-state index in [0.29, 0.717) is 0 Å². The topological polar surface area (TPSA) is 39.1 Å². The van der Waals surface area contributed by atoms with E-state index in [1.165, 1.54) is 46.0 Å². The van der Waals surface area contributed by atoms with Gasteiger partial charge in [0.1, 0.15) is 5.75 Å². The standard InChI is InChI=1S/C28H31N3O/c1-5-6-9-14-32-25-13-12-21-10-7-8-11-22(21)26(25)28-29-27-19(3)15-18(2)16-23(27)24-17-20(4)30-31(24)28/h7-8,10-13,15-17,28-29H,5-6,9,14H2,1-4H3. The van der Waals surface area contributed by atoms with E-state index in [9.17, 15) is 0 Å². The molecule has 4 nitrogen and oxygen atoms in total. The zero-order valence-corrected chi connectivity index (χ0v) is 19.4. The minimum Gasteiger partial charge on any atom is -0.493 e. The molecule has 1 aromatic heterocycles. The number of hydrogen-bond acceptors (Lipinski definition) is 3. The molecule has 1 N–H and O–H groups in total. The molecule has 0 aliphatic carbocycles. The van der Waals surface area contributed by atoms with Crippen molar-refractivity contribution in [2.24, 2.45) is 0 Å². The number of ether oxygens (including phenoxy) is 1. The summed E-state index contributed by atoms with van der Waals surface area (Å²) in [5.41, 5.74) is 8.22. The van der Waals surface area contributed by atoms with Gasteiger partial charge in [-0.3, -0.25) is 0 Å². The molecule has 1 aliphatic heterocycles. The summed E-state index contributed by atoms with van der Waals surface area (Å²) < 4.78 is 8.51. The normalized spacial score (nSPS) is 14.7. The van der Waals surface area contributed by atoms with Gasteiger partial charge >= 0.3 is 0 Å².